The van der Waals surface area contributed by atoms with Gasteiger partial charge in [-0.15, -0.1) is 0 Å². The number of nitrogens with zero attached hydrogens (tertiary/aromatic N) is 1. The Morgan fingerprint density at radius 1 is 1.17 bits per heavy atom. The number of aromatic nitrogens is 1. The van der Waals surface area contributed by atoms with Gasteiger partial charge < -0.3 is 15.4 Å². The minimum absolute atomic E-state index is 0.0671. The second-order valence-corrected chi connectivity index (χ2v) is 6.11. The van der Waals surface area contributed by atoms with Gasteiger partial charge in [0.15, 0.2) is 0 Å². The van der Waals surface area contributed by atoms with E-state index in [0.717, 1.165) is 30.1 Å². The minimum Gasteiger partial charge on any atom is -0.497 e. The van der Waals surface area contributed by atoms with Crippen molar-refractivity contribution in [2.24, 2.45) is 5.92 Å². The van der Waals surface area contributed by atoms with Crippen LogP contribution < -0.4 is 15.4 Å². The molecule has 0 unspecified atom stereocenters. The van der Waals surface area contributed by atoms with Crippen LogP contribution in [0, 0.1) is 5.92 Å². The third-order valence-corrected chi connectivity index (χ3v) is 3.60. The lowest BCUT2D eigenvalue weighted by molar-refractivity contribution is -0.115. The summed E-state index contributed by atoms with van der Waals surface area (Å²) in [6.45, 7) is 5.28. The van der Waals surface area contributed by atoms with E-state index >= 15 is 0 Å². The SMILES string of the molecule is COc1ccc(CC(=O)Nc2ccc(NCCC(C)C)nc2)cc1. The van der Waals surface area contributed by atoms with Crippen LogP contribution in [0.4, 0.5) is 11.5 Å². The van der Waals surface area contributed by atoms with Crippen molar-refractivity contribution < 1.29 is 9.53 Å². The van der Waals surface area contributed by atoms with Gasteiger partial charge in [-0.25, -0.2) is 4.98 Å². The second-order valence-electron chi connectivity index (χ2n) is 6.11. The fourth-order valence-electron chi connectivity index (χ4n) is 2.20. The van der Waals surface area contributed by atoms with E-state index in [1.165, 1.54) is 0 Å². The predicted octanol–water partition coefficient (Wildman–Crippen LogP) is 3.73. The van der Waals surface area contributed by atoms with Gasteiger partial charge in [-0.3, -0.25) is 4.79 Å². The molecule has 0 aliphatic carbocycles. The molecule has 0 bridgehead atoms. The molecule has 1 aromatic carbocycles. The summed E-state index contributed by atoms with van der Waals surface area (Å²) < 4.78 is 5.11. The summed E-state index contributed by atoms with van der Waals surface area (Å²) in [5, 5.41) is 6.13. The van der Waals surface area contributed by atoms with Gasteiger partial charge in [-0.1, -0.05) is 26.0 Å². The number of hydrogen-bond donors (Lipinski definition) is 2. The van der Waals surface area contributed by atoms with E-state index < -0.39 is 0 Å². The van der Waals surface area contributed by atoms with Crippen LogP contribution in [-0.4, -0.2) is 24.5 Å². The molecule has 0 saturated carbocycles. The van der Waals surface area contributed by atoms with Gasteiger partial charge in [0.05, 0.1) is 25.4 Å². The molecule has 0 fully saturated rings. The predicted molar refractivity (Wildman–Crippen MR) is 97.5 cm³/mol. The summed E-state index contributed by atoms with van der Waals surface area (Å²) >= 11 is 0. The first kappa shape index (κ1) is 17.8. The van der Waals surface area contributed by atoms with Crippen molar-refractivity contribution in [3.63, 3.8) is 0 Å². The van der Waals surface area contributed by atoms with Gasteiger partial charge in [0.25, 0.3) is 0 Å². The summed E-state index contributed by atoms with van der Waals surface area (Å²) in [5.41, 5.74) is 1.64. The minimum atomic E-state index is -0.0671. The van der Waals surface area contributed by atoms with Crippen LogP contribution >= 0.6 is 0 Å². The Balaban J connectivity index is 1.82. The molecular formula is C19H25N3O2. The van der Waals surface area contributed by atoms with Crippen molar-refractivity contribution in [1.82, 2.24) is 4.98 Å². The lowest BCUT2D eigenvalue weighted by Gasteiger charge is -2.09. The Bertz CT molecular complexity index is 637. The van der Waals surface area contributed by atoms with Gasteiger partial charge in [-0.2, -0.15) is 0 Å². The average Bonchev–Trinajstić information content (AvgIpc) is 2.57. The Morgan fingerprint density at radius 3 is 2.50 bits per heavy atom. The van der Waals surface area contributed by atoms with Gasteiger partial charge in [0, 0.05) is 6.54 Å². The van der Waals surface area contributed by atoms with Crippen molar-refractivity contribution in [3.05, 3.63) is 48.2 Å². The Labute approximate surface area is 143 Å². The number of ether oxygens (including phenoxy) is 1. The third kappa shape index (κ3) is 5.91. The molecule has 5 nitrogen and oxygen atoms in total. The zero-order chi connectivity index (χ0) is 17.4. The van der Waals surface area contributed by atoms with E-state index in [4.69, 9.17) is 4.74 Å². The monoisotopic (exact) mass is 327 g/mol. The summed E-state index contributed by atoms with van der Waals surface area (Å²) in [7, 11) is 1.62. The lowest BCUT2D eigenvalue weighted by atomic mass is 10.1. The van der Waals surface area contributed by atoms with Gasteiger partial charge in [0.1, 0.15) is 11.6 Å². The first-order chi connectivity index (χ1) is 11.6. The number of rotatable bonds is 8. The van der Waals surface area contributed by atoms with E-state index in [1.54, 1.807) is 13.3 Å². The van der Waals surface area contributed by atoms with Crippen molar-refractivity contribution in [3.8, 4) is 5.75 Å². The number of pyridine rings is 1. The molecule has 128 valence electrons. The zero-order valence-electron chi connectivity index (χ0n) is 14.5. The average molecular weight is 327 g/mol. The molecule has 24 heavy (non-hydrogen) atoms. The molecule has 1 amide bonds. The third-order valence-electron chi connectivity index (χ3n) is 3.60. The quantitative estimate of drug-likeness (QED) is 0.775. The Morgan fingerprint density at radius 2 is 1.92 bits per heavy atom. The van der Waals surface area contributed by atoms with Crippen LogP contribution in [0.2, 0.25) is 0 Å². The molecule has 0 radical (unpaired) electrons. The molecule has 2 rings (SSSR count). The number of carbonyl (C=O) groups excluding carboxylic acids is 1. The van der Waals surface area contributed by atoms with Gasteiger partial charge in [-0.05, 0) is 42.2 Å². The highest BCUT2D eigenvalue weighted by atomic mass is 16.5. The maximum atomic E-state index is 12.1. The number of nitrogens with one attached hydrogen (secondary N) is 2. The topological polar surface area (TPSA) is 63.2 Å². The van der Waals surface area contributed by atoms with Crippen molar-refractivity contribution >= 4 is 17.4 Å². The standard InChI is InChI=1S/C19H25N3O2/c1-14(2)10-11-20-18-9-6-16(13-21-18)22-19(23)12-15-4-7-17(24-3)8-5-15/h4-9,13-14H,10-12H2,1-3H3,(H,20,21)(H,22,23). The fraction of sp³-hybridized carbons (Fsp3) is 0.368. The first-order valence-electron chi connectivity index (χ1n) is 8.19. The maximum absolute atomic E-state index is 12.1. The fourth-order valence-corrected chi connectivity index (χ4v) is 2.20. The highest BCUT2D eigenvalue weighted by Crippen LogP contribution is 2.14. The number of benzene rings is 1. The van der Waals surface area contributed by atoms with E-state index in [9.17, 15) is 4.79 Å². The molecule has 0 aliphatic rings. The van der Waals surface area contributed by atoms with Crippen LogP contribution in [0.15, 0.2) is 42.6 Å². The molecule has 2 aromatic rings. The molecule has 1 aromatic heterocycles. The summed E-state index contributed by atoms with van der Waals surface area (Å²) in [4.78, 5) is 16.4. The number of hydrogen-bond acceptors (Lipinski definition) is 4. The van der Waals surface area contributed by atoms with Crippen molar-refractivity contribution in [2.75, 3.05) is 24.3 Å². The molecule has 1 heterocycles. The van der Waals surface area contributed by atoms with E-state index in [0.29, 0.717) is 18.0 Å². The second kappa shape index (κ2) is 8.91. The van der Waals surface area contributed by atoms with Crippen molar-refractivity contribution in [2.45, 2.75) is 26.7 Å². The zero-order valence-corrected chi connectivity index (χ0v) is 14.5. The van der Waals surface area contributed by atoms with E-state index in [1.807, 2.05) is 36.4 Å². The van der Waals surface area contributed by atoms with Gasteiger partial charge >= 0.3 is 0 Å². The molecule has 0 spiro atoms. The first-order valence-corrected chi connectivity index (χ1v) is 8.19. The van der Waals surface area contributed by atoms with E-state index in [-0.39, 0.29) is 5.91 Å². The highest BCUT2D eigenvalue weighted by molar-refractivity contribution is 5.92. The van der Waals surface area contributed by atoms with Crippen molar-refractivity contribution in [1.29, 1.82) is 0 Å². The lowest BCUT2D eigenvalue weighted by Crippen LogP contribution is -2.14. The van der Waals surface area contributed by atoms with Crippen LogP contribution in [0.3, 0.4) is 0 Å². The highest BCUT2D eigenvalue weighted by Gasteiger charge is 2.05. The van der Waals surface area contributed by atoms with Gasteiger partial charge in [0.2, 0.25) is 5.91 Å². The number of carbonyl (C=O) groups is 1. The number of methoxy groups -OCH3 is 1. The number of anilines is 2. The summed E-state index contributed by atoms with van der Waals surface area (Å²) in [5.74, 6) is 2.20. The normalized spacial score (nSPS) is 10.5. The molecule has 0 saturated heterocycles. The molecular weight excluding hydrogens is 302 g/mol. The van der Waals surface area contributed by atoms with Crippen LogP contribution in [-0.2, 0) is 11.2 Å². The molecule has 2 N–H and O–H groups in total. The van der Waals surface area contributed by atoms with Crippen LogP contribution in [0.1, 0.15) is 25.8 Å². The van der Waals surface area contributed by atoms with Crippen LogP contribution in [0.25, 0.3) is 0 Å². The molecule has 0 atom stereocenters. The van der Waals surface area contributed by atoms with Crippen LogP contribution in [0.5, 0.6) is 5.75 Å². The maximum Gasteiger partial charge on any atom is 0.228 e. The molecule has 0 aliphatic heterocycles. The number of amides is 1. The van der Waals surface area contributed by atoms with E-state index in [2.05, 4.69) is 29.5 Å². The summed E-state index contributed by atoms with van der Waals surface area (Å²) in [6.07, 6.45) is 3.09. The molecule has 5 heteroatoms. The smallest absolute Gasteiger partial charge is 0.228 e. The summed E-state index contributed by atoms with van der Waals surface area (Å²) in [6, 6.07) is 11.2. The Hall–Kier alpha value is -2.56. The Kier molecular flexibility index (Phi) is 6.61. The largest absolute Gasteiger partial charge is 0.497 e.